The summed E-state index contributed by atoms with van der Waals surface area (Å²) in [5.74, 6) is -0.407. The van der Waals surface area contributed by atoms with E-state index in [1.165, 1.54) is 19.4 Å². The molecule has 1 amide bonds. The SMILES string of the molecule is CC(CNC(=O)[C@H](C)NS(=O)(=O)c1ccccc1C(F)(F)F)CN1CCCCC1. The van der Waals surface area contributed by atoms with Gasteiger partial charge in [0.1, 0.15) is 0 Å². The van der Waals surface area contributed by atoms with Gasteiger partial charge in [-0.05, 0) is 50.9 Å². The summed E-state index contributed by atoms with van der Waals surface area (Å²) in [6.45, 7) is 6.56. The first kappa shape index (κ1) is 23.6. The van der Waals surface area contributed by atoms with Crippen LogP contribution < -0.4 is 10.0 Å². The van der Waals surface area contributed by atoms with Crippen LogP contribution in [0.2, 0.25) is 0 Å². The second-order valence-electron chi connectivity index (χ2n) is 7.55. The van der Waals surface area contributed by atoms with Gasteiger partial charge in [-0.15, -0.1) is 0 Å². The van der Waals surface area contributed by atoms with Gasteiger partial charge in [-0.2, -0.15) is 17.9 Å². The second-order valence-corrected chi connectivity index (χ2v) is 9.23. The lowest BCUT2D eigenvalue weighted by molar-refractivity contribution is -0.139. The van der Waals surface area contributed by atoms with Gasteiger partial charge in [0.2, 0.25) is 15.9 Å². The Bertz CT molecular complexity index is 793. The molecule has 10 heteroatoms. The molecule has 0 bridgehead atoms. The first-order valence-corrected chi connectivity index (χ1v) is 11.2. The van der Waals surface area contributed by atoms with Gasteiger partial charge in [0.25, 0.3) is 0 Å². The minimum absolute atomic E-state index is 0.173. The number of rotatable bonds is 8. The molecule has 1 aliphatic rings. The number of carbonyl (C=O) groups excluding carboxylic acids is 1. The van der Waals surface area contributed by atoms with Gasteiger partial charge < -0.3 is 10.2 Å². The van der Waals surface area contributed by atoms with Gasteiger partial charge >= 0.3 is 6.18 Å². The van der Waals surface area contributed by atoms with E-state index in [1.807, 2.05) is 11.6 Å². The van der Waals surface area contributed by atoms with Crippen LogP contribution in [0.25, 0.3) is 0 Å². The van der Waals surface area contributed by atoms with Crippen LogP contribution in [0.5, 0.6) is 0 Å². The number of hydrogen-bond acceptors (Lipinski definition) is 4. The molecule has 2 atom stereocenters. The Hall–Kier alpha value is -1.65. The smallest absolute Gasteiger partial charge is 0.354 e. The first-order valence-electron chi connectivity index (χ1n) is 9.69. The van der Waals surface area contributed by atoms with Crippen molar-refractivity contribution < 1.29 is 26.4 Å². The van der Waals surface area contributed by atoms with Crippen molar-refractivity contribution in [2.45, 2.75) is 50.2 Å². The highest BCUT2D eigenvalue weighted by Gasteiger charge is 2.37. The molecule has 0 aromatic heterocycles. The van der Waals surface area contributed by atoms with Crippen LogP contribution in [0.3, 0.4) is 0 Å². The largest absolute Gasteiger partial charge is 0.417 e. The molecule has 2 N–H and O–H groups in total. The summed E-state index contributed by atoms with van der Waals surface area (Å²) in [4.78, 5) is 13.7. The normalized spacial score (nSPS) is 18.2. The minimum atomic E-state index is -4.82. The molecule has 1 heterocycles. The van der Waals surface area contributed by atoms with Crippen LogP contribution in [0, 0.1) is 5.92 Å². The number of sulfonamides is 1. The molecule has 0 aliphatic carbocycles. The summed E-state index contributed by atoms with van der Waals surface area (Å²) in [6.07, 6.45) is -1.26. The summed E-state index contributed by atoms with van der Waals surface area (Å²) in [6, 6.07) is 2.68. The van der Waals surface area contributed by atoms with E-state index in [0.29, 0.717) is 12.6 Å². The van der Waals surface area contributed by atoms with Crippen molar-refractivity contribution in [1.29, 1.82) is 0 Å². The van der Waals surface area contributed by atoms with Crippen molar-refractivity contribution in [2.75, 3.05) is 26.2 Å². The maximum Gasteiger partial charge on any atom is 0.417 e. The molecule has 1 aliphatic heterocycles. The number of hydrogen-bond donors (Lipinski definition) is 2. The Morgan fingerprint density at radius 2 is 1.76 bits per heavy atom. The Kier molecular flexibility index (Phi) is 8.07. The number of benzene rings is 1. The predicted octanol–water partition coefficient (Wildman–Crippen LogP) is 2.61. The topological polar surface area (TPSA) is 78.5 Å². The van der Waals surface area contributed by atoms with Crippen LogP contribution >= 0.6 is 0 Å². The number of amides is 1. The third-order valence-corrected chi connectivity index (χ3v) is 6.45. The highest BCUT2D eigenvalue weighted by Crippen LogP contribution is 2.33. The Morgan fingerprint density at radius 3 is 2.38 bits per heavy atom. The second kappa shape index (κ2) is 9.90. The monoisotopic (exact) mass is 435 g/mol. The van der Waals surface area contributed by atoms with Crippen molar-refractivity contribution in [3.63, 3.8) is 0 Å². The average Bonchev–Trinajstić information content (AvgIpc) is 2.66. The van der Waals surface area contributed by atoms with Crippen LogP contribution in [0.1, 0.15) is 38.7 Å². The zero-order chi connectivity index (χ0) is 21.7. The molecule has 29 heavy (non-hydrogen) atoms. The molecule has 1 fully saturated rings. The average molecular weight is 436 g/mol. The van der Waals surface area contributed by atoms with Crippen molar-refractivity contribution in [3.05, 3.63) is 29.8 Å². The third-order valence-electron chi connectivity index (χ3n) is 4.85. The number of carbonyl (C=O) groups is 1. The Labute approximate surface area is 169 Å². The number of nitrogens with one attached hydrogen (secondary N) is 2. The maximum atomic E-state index is 13.1. The minimum Gasteiger partial charge on any atom is -0.354 e. The van der Waals surface area contributed by atoms with E-state index in [1.54, 1.807) is 0 Å². The standard InChI is InChI=1S/C19H28F3N3O3S/c1-14(13-25-10-6-3-7-11-25)12-23-18(26)15(2)24-29(27,28)17-9-5-4-8-16(17)19(20,21)22/h4-5,8-9,14-15,24H,3,6-7,10-13H2,1-2H3,(H,23,26)/t14?,15-/m0/s1. The quantitative estimate of drug-likeness (QED) is 0.658. The van der Waals surface area contributed by atoms with Gasteiger partial charge in [-0.25, -0.2) is 8.42 Å². The fourth-order valence-electron chi connectivity index (χ4n) is 3.36. The fraction of sp³-hybridized carbons (Fsp3) is 0.632. The molecule has 0 spiro atoms. The molecule has 0 saturated carbocycles. The molecule has 1 aromatic rings. The summed E-state index contributed by atoms with van der Waals surface area (Å²) in [7, 11) is -4.52. The maximum absolute atomic E-state index is 13.1. The predicted molar refractivity (Wildman–Crippen MR) is 104 cm³/mol. The molecular formula is C19H28F3N3O3S. The van der Waals surface area contributed by atoms with Gasteiger partial charge in [-0.1, -0.05) is 25.5 Å². The van der Waals surface area contributed by atoms with E-state index in [2.05, 4.69) is 10.2 Å². The fourth-order valence-corrected chi connectivity index (χ4v) is 4.79. The lowest BCUT2D eigenvalue weighted by Crippen LogP contribution is -2.47. The summed E-state index contributed by atoms with van der Waals surface area (Å²) >= 11 is 0. The van der Waals surface area contributed by atoms with Gasteiger partial charge in [0.15, 0.2) is 0 Å². The molecule has 0 radical (unpaired) electrons. The van der Waals surface area contributed by atoms with Gasteiger partial charge in [0.05, 0.1) is 16.5 Å². The van der Waals surface area contributed by atoms with Gasteiger partial charge in [0, 0.05) is 13.1 Å². The van der Waals surface area contributed by atoms with Crippen LogP contribution in [0.4, 0.5) is 13.2 Å². The van der Waals surface area contributed by atoms with Crippen molar-refractivity contribution in [2.24, 2.45) is 5.92 Å². The van der Waals surface area contributed by atoms with Crippen molar-refractivity contribution >= 4 is 15.9 Å². The van der Waals surface area contributed by atoms with Crippen molar-refractivity contribution in [3.8, 4) is 0 Å². The van der Waals surface area contributed by atoms with E-state index in [0.717, 1.165) is 44.6 Å². The van der Waals surface area contributed by atoms with E-state index < -0.39 is 38.6 Å². The molecule has 2 rings (SSSR count). The number of piperidine rings is 1. The van der Waals surface area contributed by atoms with Crippen LogP contribution in [0.15, 0.2) is 29.2 Å². The summed E-state index contributed by atoms with van der Waals surface area (Å²) in [5, 5.41) is 2.68. The van der Waals surface area contributed by atoms with Gasteiger partial charge in [-0.3, -0.25) is 4.79 Å². The molecule has 164 valence electrons. The zero-order valence-corrected chi connectivity index (χ0v) is 17.4. The molecule has 1 unspecified atom stereocenters. The molecule has 6 nitrogen and oxygen atoms in total. The third kappa shape index (κ3) is 6.97. The zero-order valence-electron chi connectivity index (χ0n) is 16.6. The Balaban J connectivity index is 1.93. The highest BCUT2D eigenvalue weighted by atomic mass is 32.2. The highest BCUT2D eigenvalue weighted by molar-refractivity contribution is 7.89. The van der Waals surface area contributed by atoms with Crippen molar-refractivity contribution in [1.82, 2.24) is 14.9 Å². The van der Waals surface area contributed by atoms with E-state index in [9.17, 15) is 26.4 Å². The number of halogens is 3. The molecule has 1 saturated heterocycles. The lowest BCUT2D eigenvalue weighted by Gasteiger charge is -2.29. The van der Waals surface area contributed by atoms with Crippen LogP contribution in [-0.4, -0.2) is 51.4 Å². The lowest BCUT2D eigenvalue weighted by atomic mass is 10.1. The first-order chi connectivity index (χ1) is 13.5. The molecular weight excluding hydrogens is 407 g/mol. The number of alkyl halides is 3. The summed E-state index contributed by atoms with van der Waals surface area (Å²) in [5.41, 5.74) is -1.27. The van der Waals surface area contributed by atoms with E-state index in [-0.39, 0.29) is 5.92 Å². The Morgan fingerprint density at radius 1 is 1.14 bits per heavy atom. The number of nitrogens with zero attached hydrogens (tertiary/aromatic N) is 1. The van der Waals surface area contributed by atoms with E-state index in [4.69, 9.17) is 0 Å². The van der Waals surface area contributed by atoms with Crippen LogP contribution in [-0.2, 0) is 21.0 Å². The van der Waals surface area contributed by atoms with E-state index >= 15 is 0 Å². The molecule has 1 aromatic carbocycles. The summed E-state index contributed by atoms with van der Waals surface area (Å²) < 4.78 is 66.2. The number of likely N-dealkylation sites (tertiary alicyclic amines) is 1.